The Balaban J connectivity index is 1.54. The van der Waals surface area contributed by atoms with Gasteiger partial charge < -0.3 is 15.4 Å². The summed E-state index contributed by atoms with van der Waals surface area (Å²) in [5.74, 6) is 0.0827. The maximum Gasteiger partial charge on any atom is 0.416 e. The Morgan fingerprint density at radius 1 is 0.976 bits per heavy atom. The predicted octanol–water partition coefficient (Wildman–Crippen LogP) is 5.96. The van der Waals surface area contributed by atoms with Crippen molar-refractivity contribution in [2.45, 2.75) is 38.6 Å². The van der Waals surface area contributed by atoms with Crippen LogP contribution in [0.5, 0.6) is 5.75 Å². The second kappa shape index (κ2) is 12.9. The second-order valence-electron chi connectivity index (χ2n) is 9.06. The molecule has 0 saturated carbocycles. The van der Waals surface area contributed by atoms with Gasteiger partial charge in [-0.1, -0.05) is 23.9 Å². The monoisotopic (exact) mass is 583 g/mol. The zero-order chi connectivity index (χ0) is 29.6. The Bertz CT molecular complexity index is 1540. The van der Waals surface area contributed by atoms with Crippen LogP contribution in [0, 0.1) is 13.8 Å². The first kappa shape index (κ1) is 29.7. The summed E-state index contributed by atoms with van der Waals surface area (Å²) >= 11 is 1.01. The lowest BCUT2D eigenvalue weighted by atomic mass is 10.1. The molecular formula is C29H28F3N5O3S. The van der Waals surface area contributed by atoms with Gasteiger partial charge in [-0.2, -0.15) is 13.2 Å². The standard InChI is InChI=1S/C29H28F3N5O3S/c1-4-40-24-12-10-22(11-13-24)34-26(38)17-41-28-36-35-25(16-33-27(39)20-9-8-18(2)19(3)14-20)37(28)23-7-5-6-21(15-23)29(30,31)32/h5-15H,4,16-17H2,1-3H3,(H,33,39)(H,34,38). The van der Waals surface area contributed by atoms with E-state index in [0.29, 0.717) is 23.6 Å². The molecule has 0 atom stereocenters. The fourth-order valence-corrected chi connectivity index (χ4v) is 4.63. The molecule has 0 spiro atoms. The summed E-state index contributed by atoms with van der Waals surface area (Å²) in [6.45, 7) is 6.12. The molecule has 0 fully saturated rings. The van der Waals surface area contributed by atoms with Gasteiger partial charge >= 0.3 is 6.18 Å². The van der Waals surface area contributed by atoms with Crippen LogP contribution in [0.4, 0.5) is 18.9 Å². The lowest BCUT2D eigenvalue weighted by molar-refractivity contribution is -0.137. The number of nitrogens with one attached hydrogen (secondary N) is 2. The minimum atomic E-state index is -4.56. The molecule has 0 aliphatic heterocycles. The van der Waals surface area contributed by atoms with Crippen molar-refractivity contribution in [2.75, 3.05) is 17.7 Å². The third-order valence-corrected chi connectivity index (χ3v) is 7.02. The summed E-state index contributed by atoms with van der Waals surface area (Å²) in [6.07, 6.45) is -4.56. The van der Waals surface area contributed by atoms with Crippen molar-refractivity contribution >= 4 is 29.3 Å². The number of rotatable bonds is 10. The quantitative estimate of drug-likeness (QED) is 0.224. The van der Waals surface area contributed by atoms with Gasteiger partial charge in [0, 0.05) is 11.3 Å². The number of aryl methyl sites for hydroxylation is 2. The fourth-order valence-electron chi connectivity index (χ4n) is 3.86. The van der Waals surface area contributed by atoms with Crippen molar-refractivity contribution < 1.29 is 27.5 Å². The highest BCUT2D eigenvalue weighted by atomic mass is 32.2. The molecule has 0 aliphatic rings. The number of hydrogen-bond donors (Lipinski definition) is 2. The van der Waals surface area contributed by atoms with Gasteiger partial charge in [-0.05, 0) is 86.5 Å². The number of carbonyl (C=O) groups is 2. The van der Waals surface area contributed by atoms with Crippen LogP contribution in [0.15, 0.2) is 71.9 Å². The largest absolute Gasteiger partial charge is 0.494 e. The Morgan fingerprint density at radius 3 is 2.41 bits per heavy atom. The molecule has 4 rings (SSSR count). The van der Waals surface area contributed by atoms with E-state index in [-0.39, 0.29) is 40.8 Å². The van der Waals surface area contributed by atoms with Gasteiger partial charge in [0.15, 0.2) is 11.0 Å². The minimum absolute atomic E-state index is 0.0840. The van der Waals surface area contributed by atoms with Crippen LogP contribution in [0.3, 0.4) is 0 Å². The van der Waals surface area contributed by atoms with E-state index in [0.717, 1.165) is 35.0 Å². The van der Waals surface area contributed by atoms with Crippen molar-refractivity contribution in [1.82, 2.24) is 20.1 Å². The summed E-state index contributed by atoms with van der Waals surface area (Å²) in [5.41, 5.74) is 2.30. The molecule has 1 heterocycles. The van der Waals surface area contributed by atoms with Gasteiger partial charge in [-0.3, -0.25) is 14.2 Å². The molecule has 214 valence electrons. The number of benzene rings is 3. The molecule has 0 unspecified atom stereocenters. The fraction of sp³-hybridized carbons (Fsp3) is 0.241. The first-order valence-electron chi connectivity index (χ1n) is 12.7. The minimum Gasteiger partial charge on any atom is -0.494 e. The summed E-state index contributed by atoms with van der Waals surface area (Å²) < 4.78 is 47.2. The summed E-state index contributed by atoms with van der Waals surface area (Å²) in [6, 6.07) is 16.9. The van der Waals surface area contributed by atoms with E-state index in [1.165, 1.54) is 16.7 Å². The molecule has 2 amide bonds. The SMILES string of the molecule is CCOc1ccc(NC(=O)CSc2nnc(CNC(=O)c3ccc(C)c(C)c3)n2-c2cccc(C(F)(F)F)c2)cc1. The van der Waals surface area contributed by atoms with Crippen LogP contribution in [-0.4, -0.2) is 38.9 Å². The normalized spacial score (nSPS) is 11.3. The smallest absolute Gasteiger partial charge is 0.416 e. The van der Waals surface area contributed by atoms with Gasteiger partial charge in [0.2, 0.25) is 5.91 Å². The third-order valence-electron chi connectivity index (χ3n) is 6.09. The van der Waals surface area contributed by atoms with E-state index in [2.05, 4.69) is 20.8 Å². The maximum absolute atomic E-state index is 13.5. The first-order valence-corrected chi connectivity index (χ1v) is 13.7. The van der Waals surface area contributed by atoms with Crippen LogP contribution in [0.25, 0.3) is 5.69 Å². The number of alkyl halides is 3. The number of anilines is 1. The highest BCUT2D eigenvalue weighted by Gasteiger charge is 2.31. The number of ether oxygens (including phenoxy) is 1. The van der Waals surface area contributed by atoms with E-state index in [1.807, 2.05) is 26.8 Å². The number of thioether (sulfide) groups is 1. The number of hydrogen-bond acceptors (Lipinski definition) is 6. The third kappa shape index (κ3) is 7.66. The Labute approximate surface area is 239 Å². The molecule has 0 bridgehead atoms. The molecule has 4 aromatic rings. The average molecular weight is 584 g/mol. The van der Waals surface area contributed by atoms with Crippen molar-refractivity contribution in [2.24, 2.45) is 0 Å². The highest BCUT2D eigenvalue weighted by Crippen LogP contribution is 2.32. The number of carbonyl (C=O) groups excluding carboxylic acids is 2. The van der Waals surface area contributed by atoms with Gasteiger partial charge in [-0.25, -0.2) is 0 Å². The molecule has 0 aliphatic carbocycles. The number of amides is 2. The molecule has 2 N–H and O–H groups in total. The zero-order valence-electron chi connectivity index (χ0n) is 22.6. The highest BCUT2D eigenvalue weighted by molar-refractivity contribution is 7.99. The van der Waals surface area contributed by atoms with E-state index in [9.17, 15) is 22.8 Å². The Hall–Kier alpha value is -4.32. The van der Waals surface area contributed by atoms with Crippen LogP contribution in [-0.2, 0) is 17.5 Å². The van der Waals surface area contributed by atoms with Gasteiger partial charge in [-0.15, -0.1) is 10.2 Å². The van der Waals surface area contributed by atoms with Crippen LogP contribution >= 0.6 is 11.8 Å². The lowest BCUT2D eigenvalue weighted by Gasteiger charge is -2.14. The number of nitrogens with zero attached hydrogens (tertiary/aromatic N) is 3. The molecule has 8 nitrogen and oxygen atoms in total. The second-order valence-corrected chi connectivity index (χ2v) is 10.0. The topological polar surface area (TPSA) is 98.1 Å². The lowest BCUT2D eigenvalue weighted by Crippen LogP contribution is -2.25. The van der Waals surface area contributed by atoms with Crippen molar-refractivity contribution in [3.63, 3.8) is 0 Å². The van der Waals surface area contributed by atoms with E-state index >= 15 is 0 Å². The summed E-state index contributed by atoms with van der Waals surface area (Å²) in [7, 11) is 0. The molecule has 0 radical (unpaired) electrons. The maximum atomic E-state index is 13.5. The number of halogens is 3. The van der Waals surface area contributed by atoms with Crippen LogP contribution in [0.2, 0.25) is 0 Å². The van der Waals surface area contributed by atoms with Crippen LogP contribution < -0.4 is 15.4 Å². The van der Waals surface area contributed by atoms with E-state index < -0.39 is 11.7 Å². The predicted molar refractivity (Wildman–Crippen MR) is 150 cm³/mol. The summed E-state index contributed by atoms with van der Waals surface area (Å²) in [5, 5.41) is 14.0. The van der Waals surface area contributed by atoms with E-state index in [4.69, 9.17) is 4.74 Å². The van der Waals surface area contributed by atoms with Crippen molar-refractivity contribution in [3.8, 4) is 11.4 Å². The van der Waals surface area contributed by atoms with Crippen LogP contribution in [0.1, 0.15) is 39.8 Å². The average Bonchev–Trinajstić information content (AvgIpc) is 3.35. The molecule has 41 heavy (non-hydrogen) atoms. The molecule has 12 heteroatoms. The zero-order valence-corrected chi connectivity index (χ0v) is 23.4. The summed E-state index contributed by atoms with van der Waals surface area (Å²) in [4.78, 5) is 25.4. The van der Waals surface area contributed by atoms with Gasteiger partial charge in [0.05, 0.1) is 30.2 Å². The molecule has 3 aromatic carbocycles. The molecule has 0 saturated heterocycles. The Kier molecular flexibility index (Phi) is 9.33. The van der Waals surface area contributed by atoms with E-state index in [1.54, 1.807) is 36.4 Å². The molecular weight excluding hydrogens is 555 g/mol. The van der Waals surface area contributed by atoms with Crippen molar-refractivity contribution in [1.29, 1.82) is 0 Å². The number of aromatic nitrogens is 3. The first-order chi connectivity index (χ1) is 19.5. The molecule has 1 aromatic heterocycles. The van der Waals surface area contributed by atoms with Gasteiger partial charge in [0.1, 0.15) is 5.75 Å². The Morgan fingerprint density at radius 2 is 1.73 bits per heavy atom. The van der Waals surface area contributed by atoms with Gasteiger partial charge in [0.25, 0.3) is 5.91 Å². The van der Waals surface area contributed by atoms with Crippen molar-refractivity contribution in [3.05, 3.63) is 94.8 Å².